The molecule has 2 aliphatic rings. The van der Waals surface area contributed by atoms with Gasteiger partial charge in [-0.15, -0.1) is 0 Å². The maximum atomic E-state index is 12.8. The fraction of sp³-hybridized carbons (Fsp3) is 0.848. The predicted octanol–water partition coefficient (Wildman–Crippen LogP) is 11.6. The van der Waals surface area contributed by atoms with Crippen molar-refractivity contribution in [1.82, 2.24) is 4.90 Å². The van der Waals surface area contributed by atoms with Gasteiger partial charge in [0, 0.05) is 19.4 Å². The molecule has 2 rings (SSSR count). The van der Waals surface area contributed by atoms with Crippen LogP contribution >= 0.6 is 0 Å². The summed E-state index contributed by atoms with van der Waals surface area (Å²) in [7, 11) is 0. The molecule has 304 valence electrons. The molecule has 2 unspecified atom stereocenters. The van der Waals surface area contributed by atoms with E-state index in [1.54, 1.807) is 0 Å². The van der Waals surface area contributed by atoms with Crippen molar-refractivity contribution in [3.05, 3.63) is 29.3 Å². The van der Waals surface area contributed by atoms with Crippen molar-refractivity contribution in [1.29, 1.82) is 0 Å². The van der Waals surface area contributed by atoms with Gasteiger partial charge in [0.25, 0.3) is 0 Å². The van der Waals surface area contributed by atoms with E-state index in [1.165, 1.54) is 44.3 Å². The van der Waals surface area contributed by atoms with Gasteiger partial charge in [-0.25, -0.2) is 0 Å². The van der Waals surface area contributed by atoms with Crippen molar-refractivity contribution in [3.8, 4) is 0 Å². The van der Waals surface area contributed by atoms with E-state index in [-0.39, 0.29) is 29.9 Å². The Morgan fingerprint density at radius 1 is 0.679 bits per heavy atom. The first kappa shape index (κ1) is 47.1. The number of unbranched alkanes of at least 4 members (excludes halogenated alkanes) is 4. The third-order valence-electron chi connectivity index (χ3n) is 11.1. The zero-order valence-corrected chi connectivity index (χ0v) is 34.4. The maximum absolute atomic E-state index is 12.8. The fourth-order valence-electron chi connectivity index (χ4n) is 7.87. The number of hydrogen-bond acceptors (Lipinski definition) is 7. The minimum atomic E-state index is -0.0916. The average molecular weight is 742 g/mol. The van der Waals surface area contributed by atoms with Gasteiger partial charge < -0.3 is 23.8 Å². The molecule has 7 heteroatoms. The number of esters is 2. The standard InChI is InChI=1S/C46H79NO6/c1-4-7-16-25-41-32-38-51-45(48)30-20-14-10-12-18-27-43(53-40-50-37-24-36-47-34-22-23-35-47)28-19-13-11-15-21-31-46(49)52-39-33-42(26-17-8-5-2)44(41)29-9-6-3/h41-43H,3-5,7-8,10-28,30-40H2,1-2H3. The second kappa shape index (κ2) is 33.3. The minimum absolute atomic E-state index is 0.0916. The molecular formula is C46H79NO6. The van der Waals surface area contributed by atoms with E-state index >= 15 is 0 Å². The molecule has 0 saturated carbocycles. The number of allylic oxidation sites excluding steroid dienone is 1. The molecule has 7 nitrogen and oxygen atoms in total. The van der Waals surface area contributed by atoms with Crippen LogP contribution in [0.3, 0.4) is 0 Å². The maximum Gasteiger partial charge on any atom is 0.305 e. The Bertz CT molecular complexity index is 998. The molecule has 0 aromatic carbocycles. The molecule has 0 N–H and O–H groups in total. The van der Waals surface area contributed by atoms with Crippen LogP contribution in [0.25, 0.3) is 0 Å². The molecular weight excluding hydrogens is 663 g/mol. The van der Waals surface area contributed by atoms with Crippen molar-refractivity contribution >= 4 is 11.9 Å². The van der Waals surface area contributed by atoms with Crippen LogP contribution in [0.5, 0.6) is 0 Å². The molecule has 2 heterocycles. The zero-order chi connectivity index (χ0) is 38.0. The quantitative estimate of drug-likeness (QED) is 0.0716. The van der Waals surface area contributed by atoms with Gasteiger partial charge in [0.05, 0.1) is 25.9 Å². The molecule has 0 bridgehead atoms. The molecule has 2 saturated heterocycles. The van der Waals surface area contributed by atoms with Crippen molar-refractivity contribution < 1.29 is 28.5 Å². The van der Waals surface area contributed by atoms with E-state index in [9.17, 15) is 9.59 Å². The molecule has 2 atom stereocenters. The highest BCUT2D eigenvalue weighted by Crippen LogP contribution is 2.33. The Kier molecular flexibility index (Phi) is 29.5. The summed E-state index contributed by atoms with van der Waals surface area (Å²) in [5.74, 6) is 0.280. The third kappa shape index (κ3) is 24.8. The molecule has 0 aliphatic carbocycles. The molecule has 0 amide bonds. The Labute approximate surface area is 325 Å². The number of ether oxygens (including phenoxy) is 4. The molecule has 0 aromatic heterocycles. The summed E-state index contributed by atoms with van der Waals surface area (Å²) in [5.41, 5.74) is 10.5. The highest BCUT2D eigenvalue weighted by molar-refractivity contribution is 5.69. The number of rotatable bonds is 15. The SMILES string of the molecule is C=C=C=C=C1C(CCCCC)CCOC(=O)CCCCCCCC(OCOCCCN2CCCC2)CCCCCCCC(=O)OCCC1CCCCC. The predicted molar refractivity (Wildman–Crippen MR) is 217 cm³/mol. The number of carbonyl (C=O) groups is 2. The molecule has 2 aliphatic heterocycles. The van der Waals surface area contributed by atoms with Crippen LogP contribution in [0.4, 0.5) is 0 Å². The van der Waals surface area contributed by atoms with E-state index in [4.69, 9.17) is 18.9 Å². The average Bonchev–Trinajstić information content (AvgIpc) is 3.68. The summed E-state index contributed by atoms with van der Waals surface area (Å²) in [5, 5.41) is 0. The van der Waals surface area contributed by atoms with E-state index < -0.39 is 0 Å². The van der Waals surface area contributed by atoms with Crippen molar-refractivity contribution in [2.45, 2.75) is 193 Å². The number of cyclic esters (lactones) is 2. The fourth-order valence-corrected chi connectivity index (χ4v) is 7.87. The van der Waals surface area contributed by atoms with Gasteiger partial charge in [-0.1, -0.05) is 115 Å². The van der Waals surface area contributed by atoms with Gasteiger partial charge in [0.2, 0.25) is 0 Å². The Morgan fingerprint density at radius 3 is 1.74 bits per heavy atom. The van der Waals surface area contributed by atoms with Crippen LogP contribution in [-0.2, 0) is 28.5 Å². The summed E-state index contributed by atoms with van der Waals surface area (Å²) in [6.07, 6.45) is 28.2. The lowest BCUT2D eigenvalue weighted by atomic mass is 9.79. The molecule has 0 aromatic rings. The summed E-state index contributed by atoms with van der Waals surface area (Å²) < 4.78 is 23.8. The van der Waals surface area contributed by atoms with E-state index in [0.29, 0.717) is 32.8 Å². The van der Waals surface area contributed by atoms with Crippen molar-refractivity contribution in [3.63, 3.8) is 0 Å². The lowest BCUT2D eigenvalue weighted by Gasteiger charge is -2.26. The highest BCUT2D eigenvalue weighted by Gasteiger charge is 2.24. The second-order valence-corrected chi connectivity index (χ2v) is 15.6. The van der Waals surface area contributed by atoms with Crippen LogP contribution in [0, 0.1) is 11.8 Å². The normalized spacial score (nSPS) is 23.4. The summed E-state index contributed by atoms with van der Waals surface area (Å²) in [4.78, 5) is 28.0. The Balaban J connectivity index is 1.97. The summed E-state index contributed by atoms with van der Waals surface area (Å²) >= 11 is 0. The van der Waals surface area contributed by atoms with Crippen LogP contribution in [-0.4, -0.2) is 69.2 Å². The monoisotopic (exact) mass is 742 g/mol. The van der Waals surface area contributed by atoms with Crippen molar-refractivity contribution in [2.75, 3.05) is 46.2 Å². The highest BCUT2D eigenvalue weighted by atomic mass is 16.7. The van der Waals surface area contributed by atoms with E-state index in [1.807, 2.05) is 0 Å². The lowest BCUT2D eigenvalue weighted by molar-refractivity contribution is -0.144. The first-order valence-electron chi connectivity index (χ1n) is 22.2. The van der Waals surface area contributed by atoms with Crippen LogP contribution in [0.2, 0.25) is 0 Å². The second-order valence-electron chi connectivity index (χ2n) is 15.6. The zero-order valence-electron chi connectivity index (χ0n) is 34.4. The number of nitrogens with zero attached hydrogens (tertiary/aromatic N) is 1. The molecule has 0 radical (unpaired) electrons. The summed E-state index contributed by atoms with van der Waals surface area (Å²) in [6, 6.07) is 0. The molecule has 2 fully saturated rings. The van der Waals surface area contributed by atoms with E-state index in [0.717, 1.165) is 148 Å². The van der Waals surface area contributed by atoms with Gasteiger partial charge in [-0.3, -0.25) is 9.59 Å². The number of hydrogen-bond donors (Lipinski definition) is 0. The minimum Gasteiger partial charge on any atom is -0.466 e. The largest absolute Gasteiger partial charge is 0.466 e. The van der Waals surface area contributed by atoms with Crippen LogP contribution < -0.4 is 0 Å². The number of likely N-dealkylation sites (tertiary alicyclic amines) is 1. The number of carbonyl (C=O) groups excluding carboxylic acids is 2. The first-order valence-corrected chi connectivity index (χ1v) is 22.2. The van der Waals surface area contributed by atoms with Crippen molar-refractivity contribution in [2.24, 2.45) is 11.8 Å². The first-order chi connectivity index (χ1) is 26.1. The van der Waals surface area contributed by atoms with Gasteiger partial charge in [-0.05, 0) is 113 Å². The van der Waals surface area contributed by atoms with Gasteiger partial charge in [0.1, 0.15) is 6.79 Å². The molecule has 53 heavy (non-hydrogen) atoms. The summed E-state index contributed by atoms with van der Waals surface area (Å²) in [6.45, 7) is 13.8. The smallest absolute Gasteiger partial charge is 0.305 e. The van der Waals surface area contributed by atoms with E-state index in [2.05, 4.69) is 42.5 Å². The third-order valence-corrected chi connectivity index (χ3v) is 11.1. The van der Waals surface area contributed by atoms with Gasteiger partial charge >= 0.3 is 11.9 Å². The van der Waals surface area contributed by atoms with Crippen LogP contribution in [0.15, 0.2) is 29.3 Å². The molecule has 0 spiro atoms. The lowest BCUT2D eigenvalue weighted by Crippen LogP contribution is -2.22. The topological polar surface area (TPSA) is 74.3 Å². The van der Waals surface area contributed by atoms with Crippen LogP contribution in [0.1, 0.15) is 187 Å². The van der Waals surface area contributed by atoms with Gasteiger partial charge in [0.15, 0.2) is 0 Å². The van der Waals surface area contributed by atoms with Gasteiger partial charge in [-0.2, -0.15) is 0 Å². The Morgan fingerprint density at radius 2 is 1.21 bits per heavy atom. The Hall–Kier alpha value is -2.10.